The molecule has 0 radical (unpaired) electrons. The van der Waals surface area contributed by atoms with Gasteiger partial charge in [0.05, 0.1) is 19.4 Å². The van der Waals surface area contributed by atoms with Crippen LogP contribution in [0.2, 0.25) is 0 Å². The lowest BCUT2D eigenvalue weighted by molar-refractivity contribution is 0.134. The van der Waals surface area contributed by atoms with E-state index in [1.165, 1.54) is 18.4 Å². The second-order valence-corrected chi connectivity index (χ2v) is 6.09. The summed E-state index contributed by atoms with van der Waals surface area (Å²) in [5, 5.41) is 3.49. The lowest BCUT2D eigenvalue weighted by Gasteiger charge is -2.21. The molecule has 0 amide bonds. The number of nitrogens with one attached hydrogen (secondary N) is 1. The first-order chi connectivity index (χ1) is 9.70. The standard InChI is InChI=1S/C16H28N2O2/c1-13(2)10-17-11-14-6-8-20-16(14)12-18(7-9-19-3)15-4-5-15/h6,8,13,15,17H,4-5,7,9-12H2,1-3H3. The molecule has 0 aliphatic heterocycles. The van der Waals surface area contributed by atoms with Crippen LogP contribution in [-0.4, -0.2) is 37.7 Å². The highest BCUT2D eigenvalue weighted by Gasteiger charge is 2.29. The lowest BCUT2D eigenvalue weighted by atomic mass is 10.2. The predicted octanol–water partition coefficient (Wildman–Crippen LogP) is 2.64. The molecule has 1 aromatic heterocycles. The Morgan fingerprint density at radius 2 is 2.25 bits per heavy atom. The average molecular weight is 280 g/mol. The Morgan fingerprint density at radius 3 is 2.90 bits per heavy atom. The van der Waals surface area contributed by atoms with Crippen molar-refractivity contribution in [2.75, 3.05) is 26.8 Å². The fraction of sp³-hybridized carbons (Fsp3) is 0.750. The van der Waals surface area contributed by atoms with E-state index in [1.54, 1.807) is 7.11 Å². The maximum atomic E-state index is 5.69. The van der Waals surface area contributed by atoms with Gasteiger partial charge in [-0.2, -0.15) is 0 Å². The first-order valence-corrected chi connectivity index (χ1v) is 7.69. The van der Waals surface area contributed by atoms with Gasteiger partial charge in [0.2, 0.25) is 0 Å². The van der Waals surface area contributed by atoms with Gasteiger partial charge in [-0.15, -0.1) is 0 Å². The van der Waals surface area contributed by atoms with Crippen molar-refractivity contribution in [1.82, 2.24) is 10.2 Å². The maximum Gasteiger partial charge on any atom is 0.122 e. The minimum atomic E-state index is 0.676. The highest BCUT2D eigenvalue weighted by Crippen LogP contribution is 2.28. The van der Waals surface area contributed by atoms with Crippen LogP contribution in [0.15, 0.2) is 16.7 Å². The zero-order valence-corrected chi connectivity index (χ0v) is 13.0. The van der Waals surface area contributed by atoms with Crippen LogP contribution < -0.4 is 5.32 Å². The Hall–Kier alpha value is -0.840. The third kappa shape index (κ3) is 4.93. The summed E-state index contributed by atoms with van der Waals surface area (Å²) in [6.45, 7) is 9.07. The fourth-order valence-electron chi connectivity index (χ4n) is 2.38. The molecule has 114 valence electrons. The minimum absolute atomic E-state index is 0.676. The predicted molar refractivity (Wildman–Crippen MR) is 80.6 cm³/mol. The topological polar surface area (TPSA) is 37.6 Å². The van der Waals surface area contributed by atoms with Gasteiger partial charge in [-0.3, -0.25) is 4.90 Å². The summed E-state index contributed by atoms with van der Waals surface area (Å²) >= 11 is 0. The SMILES string of the molecule is COCCN(Cc1occc1CNCC(C)C)C1CC1. The number of methoxy groups -OCH3 is 1. The monoisotopic (exact) mass is 280 g/mol. The Kier molecular flexibility index (Phi) is 6.07. The molecule has 2 rings (SSSR count). The zero-order valence-electron chi connectivity index (χ0n) is 13.0. The summed E-state index contributed by atoms with van der Waals surface area (Å²) in [4.78, 5) is 2.48. The third-order valence-electron chi connectivity index (χ3n) is 3.70. The molecule has 4 heteroatoms. The highest BCUT2D eigenvalue weighted by atomic mass is 16.5. The van der Waals surface area contributed by atoms with Crippen molar-refractivity contribution in [3.8, 4) is 0 Å². The van der Waals surface area contributed by atoms with Crippen molar-refractivity contribution in [1.29, 1.82) is 0 Å². The smallest absolute Gasteiger partial charge is 0.122 e. The van der Waals surface area contributed by atoms with Gasteiger partial charge in [0.1, 0.15) is 5.76 Å². The molecule has 1 fully saturated rings. The first kappa shape index (κ1) is 15.5. The van der Waals surface area contributed by atoms with Crippen molar-refractivity contribution in [3.05, 3.63) is 23.7 Å². The average Bonchev–Trinajstić information content (AvgIpc) is 3.17. The molecule has 1 aliphatic rings. The van der Waals surface area contributed by atoms with Gasteiger partial charge in [0, 0.05) is 31.8 Å². The van der Waals surface area contributed by atoms with Gasteiger partial charge in [0.15, 0.2) is 0 Å². The maximum absolute atomic E-state index is 5.69. The second kappa shape index (κ2) is 7.81. The third-order valence-corrected chi connectivity index (χ3v) is 3.70. The normalized spacial score (nSPS) is 15.4. The van der Waals surface area contributed by atoms with Crippen LogP contribution in [0.1, 0.15) is 38.0 Å². The van der Waals surface area contributed by atoms with Gasteiger partial charge in [0.25, 0.3) is 0 Å². The number of furan rings is 1. The van der Waals surface area contributed by atoms with E-state index in [1.807, 2.05) is 6.26 Å². The minimum Gasteiger partial charge on any atom is -0.468 e. The molecule has 0 aromatic carbocycles. The van der Waals surface area contributed by atoms with E-state index < -0.39 is 0 Å². The highest BCUT2D eigenvalue weighted by molar-refractivity contribution is 5.17. The quantitative estimate of drug-likeness (QED) is 0.715. The molecule has 0 atom stereocenters. The summed E-state index contributed by atoms with van der Waals surface area (Å²) in [5.74, 6) is 1.78. The van der Waals surface area contributed by atoms with Gasteiger partial charge < -0.3 is 14.5 Å². The van der Waals surface area contributed by atoms with Crippen LogP contribution in [0, 0.1) is 5.92 Å². The Bertz CT molecular complexity index is 386. The number of rotatable bonds is 10. The molecule has 0 spiro atoms. The number of ether oxygens (including phenoxy) is 1. The van der Waals surface area contributed by atoms with Crippen LogP contribution in [0.25, 0.3) is 0 Å². The number of hydrogen-bond donors (Lipinski definition) is 1. The molecular weight excluding hydrogens is 252 g/mol. The summed E-state index contributed by atoms with van der Waals surface area (Å²) < 4.78 is 10.9. The molecule has 4 nitrogen and oxygen atoms in total. The van der Waals surface area contributed by atoms with Crippen molar-refractivity contribution < 1.29 is 9.15 Å². The molecule has 0 saturated heterocycles. The van der Waals surface area contributed by atoms with Crippen LogP contribution in [0.3, 0.4) is 0 Å². The molecular formula is C16H28N2O2. The van der Waals surface area contributed by atoms with Crippen molar-refractivity contribution >= 4 is 0 Å². The Balaban J connectivity index is 1.85. The summed E-state index contributed by atoms with van der Waals surface area (Å²) in [5.41, 5.74) is 1.29. The zero-order chi connectivity index (χ0) is 14.4. The van der Waals surface area contributed by atoms with Crippen molar-refractivity contribution in [3.63, 3.8) is 0 Å². The Morgan fingerprint density at radius 1 is 1.45 bits per heavy atom. The van der Waals surface area contributed by atoms with E-state index >= 15 is 0 Å². The van der Waals surface area contributed by atoms with Gasteiger partial charge in [-0.25, -0.2) is 0 Å². The van der Waals surface area contributed by atoms with Crippen LogP contribution >= 0.6 is 0 Å². The van der Waals surface area contributed by atoms with E-state index in [2.05, 4.69) is 30.1 Å². The molecule has 1 aliphatic carbocycles. The van der Waals surface area contributed by atoms with E-state index in [0.29, 0.717) is 5.92 Å². The lowest BCUT2D eigenvalue weighted by Crippen LogP contribution is -2.29. The van der Waals surface area contributed by atoms with Gasteiger partial charge in [-0.05, 0) is 31.4 Å². The van der Waals surface area contributed by atoms with Gasteiger partial charge in [-0.1, -0.05) is 13.8 Å². The van der Waals surface area contributed by atoms with E-state index in [0.717, 1.165) is 44.6 Å². The molecule has 1 N–H and O–H groups in total. The van der Waals surface area contributed by atoms with Crippen molar-refractivity contribution in [2.45, 2.75) is 45.8 Å². The van der Waals surface area contributed by atoms with E-state index in [-0.39, 0.29) is 0 Å². The molecule has 1 saturated carbocycles. The summed E-state index contributed by atoms with van der Waals surface area (Å²) in [6.07, 6.45) is 4.43. The van der Waals surface area contributed by atoms with Crippen LogP contribution in [0.4, 0.5) is 0 Å². The molecule has 0 unspecified atom stereocenters. The number of nitrogens with zero attached hydrogens (tertiary/aromatic N) is 1. The number of hydrogen-bond acceptors (Lipinski definition) is 4. The molecule has 1 aromatic rings. The Labute approximate surface area is 122 Å². The second-order valence-electron chi connectivity index (χ2n) is 6.09. The van der Waals surface area contributed by atoms with E-state index in [4.69, 9.17) is 9.15 Å². The largest absolute Gasteiger partial charge is 0.468 e. The molecule has 0 bridgehead atoms. The van der Waals surface area contributed by atoms with Crippen LogP contribution in [-0.2, 0) is 17.8 Å². The summed E-state index contributed by atoms with van der Waals surface area (Å²) in [6, 6.07) is 2.82. The summed E-state index contributed by atoms with van der Waals surface area (Å²) in [7, 11) is 1.76. The molecule has 20 heavy (non-hydrogen) atoms. The molecule has 1 heterocycles. The van der Waals surface area contributed by atoms with Gasteiger partial charge >= 0.3 is 0 Å². The van der Waals surface area contributed by atoms with Crippen LogP contribution in [0.5, 0.6) is 0 Å². The van der Waals surface area contributed by atoms with E-state index in [9.17, 15) is 0 Å². The fourth-order valence-corrected chi connectivity index (χ4v) is 2.38. The first-order valence-electron chi connectivity index (χ1n) is 7.69. The van der Waals surface area contributed by atoms with Crippen molar-refractivity contribution in [2.24, 2.45) is 5.92 Å².